The molecule has 1 aromatic rings. The number of ether oxygens (including phenoxy) is 1. The van der Waals surface area contributed by atoms with Gasteiger partial charge < -0.3 is 14.6 Å². The van der Waals surface area contributed by atoms with E-state index < -0.39 is 0 Å². The Kier molecular flexibility index (Phi) is 3.91. The summed E-state index contributed by atoms with van der Waals surface area (Å²) in [4.78, 5) is 4.25. The Morgan fingerprint density at radius 3 is 3.00 bits per heavy atom. The van der Waals surface area contributed by atoms with Gasteiger partial charge in [0.15, 0.2) is 0 Å². The smallest absolute Gasteiger partial charge is 0.203 e. The van der Waals surface area contributed by atoms with Crippen LogP contribution in [0.1, 0.15) is 13.8 Å². The minimum absolute atomic E-state index is 0.126. The molecule has 0 saturated carbocycles. The Morgan fingerprint density at radius 1 is 1.67 bits per heavy atom. The van der Waals surface area contributed by atoms with E-state index in [4.69, 9.17) is 4.74 Å². The lowest BCUT2D eigenvalue weighted by Crippen LogP contribution is -2.37. The molecule has 0 aliphatic carbocycles. The summed E-state index contributed by atoms with van der Waals surface area (Å²) in [6.07, 6.45) is 5.54. The molecule has 0 spiro atoms. The van der Waals surface area contributed by atoms with E-state index in [1.165, 1.54) is 0 Å². The quantitative estimate of drug-likeness (QED) is 0.727. The summed E-state index contributed by atoms with van der Waals surface area (Å²) in [5, 5.41) is 3.33. The molecule has 84 valence electrons. The monoisotopic (exact) mass is 209 g/mol. The van der Waals surface area contributed by atoms with Gasteiger partial charge in [0.25, 0.3) is 0 Å². The van der Waals surface area contributed by atoms with Gasteiger partial charge >= 0.3 is 0 Å². The highest BCUT2D eigenvalue weighted by molar-refractivity contribution is 5.30. The SMILES string of the molecule is C=CCn1ccnc1NC(C)(C)COC. The van der Waals surface area contributed by atoms with Gasteiger partial charge in [-0.05, 0) is 13.8 Å². The largest absolute Gasteiger partial charge is 0.382 e. The van der Waals surface area contributed by atoms with Gasteiger partial charge in [-0.15, -0.1) is 6.58 Å². The van der Waals surface area contributed by atoms with Crippen LogP contribution in [-0.4, -0.2) is 28.8 Å². The summed E-state index contributed by atoms with van der Waals surface area (Å²) in [5.41, 5.74) is -0.126. The van der Waals surface area contributed by atoms with Gasteiger partial charge in [0.05, 0.1) is 12.1 Å². The van der Waals surface area contributed by atoms with Gasteiger partial charge in [0.2, 0.25) is 5.95 Å². The van der Waals surface area contributed by atoms with E-state index in [1.807, 2.05) is 16.8 Å². The predicted molar refractivity (Wildman–Crippen MR) is 62.0 cm³/mol. The maximum Gasteiger partial charge on any atom is 0.203 e. The highest BCUT2D eigenvalue weighted by atomic mass is 16.5. The number of anilines is 1. The van der Waals surface area contributed by atoms with Crippen molar-refractivity contribution in [3.8, 4) is 0 Å². The molecule has 1 aromatic heterocycles. The number of methoxy groups -OCH3 is 1. The Balaban J connectivity index is 2.70. The molecule has 4 heteroatoms. The van der Waals surface area contributed by atoms with E-state index in [9.17, 15) is 0 Å². The van der Waals surface area contributed by atoms with Crippen molar-refractivity contribution in [2.24, 2.45) is 0 Å². The molecule has 0 aliphatic heterocycles. The molecule has 0 saturated heterocycles. The van der Waals surface area contributed by atoms with E-state index in [0.29, 0.717) is 6.61 Å². The Hall–Kier alpha value is -1.29. The highest BCUT2D eigenvalue weighted by Crippen LogP contribution is 2.13. The molecule has 0 radical (unpaired) electrons. The normalized spacial score (nSPS) is 11.4. The van der Waals surface area contributed by atoms with Crippen molar-refractivity contribution >= 4 is 5.95 Å². The minimum atomic E-state index is -0.126. The van der Waals surface area contributed by atoms with Crippen LogP contribution in [0.3, 0.4) is 0 Å². The van der Waals surface area contributed by atoms with Crippen molar-refractivity contribution in [1.29, 1.82) is 0 Å². The fourth-order valence-electron chi connectivity index (χ4n) is 1.42. The number of nitrogens with zero attached hydrogens (tertiary/aromatic N) is 2. The molecule has 0 aliphatic rings. The molecule has 1 heterocycles. The zero-order valence-corrected chi connectivity index (χ0v) is 9.66. The molecule has 0 aromatic carbocycles. The van der Waals surface area contributed by atoms with E-state index >= 15 is 0 Å². The summed E-state index contributed by atoms with van der Waals surface area (Å²) in [6, 6.07) is 0. The van der Waals surface area contributed by atoms with Gasteiger partial charge in [0, 0.05) is 26.0 Å². The van der Waals surface area contributed by atoms with Gasteiger partial charge in [-0.2, -0.15) is 0 Å². The molecule has 0 bridgehead atoms. The maximum absolute atomic E-state index is 5.14. The molecule has 0 unspecified atom stereocenters. The Labute approximate surface area is 91.0 Å². The third-order valence-corrected chi connectivity index (χ3v) is 2.00. The van der Waals surface area contributed by atoms with E-state index in [0.717, 1.165) is 12.5 Å². The number of rotatable bonds is 6. The van der Waals surface area contributed by atoms with Crippen LogP contribution in [0.15, 0.2) is 25.0 Å². The van der Waals surface area contributed by atoms with Gasteiger partial charge in [-0.3, -0.25) is 0 Å². The van der Waals surface area contributed by atoms with Crippen molar-refractivity contribution in [2.45, 2.75) is 25.9 Å². The predicted octanol–water partition coefficient (Wildman–Crippen LogP) is 1.91. The fourth-order valence-corrected chi connectivity index (χ4v) is 1.42. The molecular formula is C11H19N3O. The van der Waals surface area contributed by atoms with Crippen LogP contribution in [-0.2, 0) is 11.3 Å². The molecule has 0 fully saturated rings. The first-order valence-corrected chi connectivity index (χ1v) is 4.98. The summed E-state index contributed by atoms with van der Waals surface area (Å²) in [6.45, 7) is 9.24. The lowest BCUT2D eigenvalue weighted by atomic mass is 10.1. The van der Waals surface area contributed by atoms with Crippen LogP contribution in [0, 0.1) is 0 Å². The van der Waals surface area contributed by atoms with Gasteiger partial charge in [-0.1, -0.05) is 6.08 Å². The summed E-state index contributed by atoms with van der Waals surface area (Å²) >= 11 is 0. The average molecular weight is 209 g/mol. The zero-order valence-electron chi connectivity index (χ0n) is 9.66. The van der Waals surface area contributed by atoms with Crippen LogP contribution in [0.25, 0.3) is 0 Å². The van der Waals surface area contributed by atoms with Gasteiger partial charge in [0.1, 0.15) is 0 Å². The highest BCUT2D eigenvalue weighted by Gasteiger charge is 2.18. The second kappa shape index (κ2) is 4.98. The standard InChI is InChI=1S/C11H19N3O/c1-5-7-14-8-6-12-10(14)13-11(2,3)9-15-4/h5-6,8H,1,7,9H2,2-4H3,(H,12,13). The van der Waals surface area contributed by atoms with E-state index in [1.54, 1.807) is 13.3 Å². The van der Waals surface area contributed by atoms with Crippen molar-refractivity contribution in [2.75, 3.05) is 19.0 Å². The Morgan fingerprint density at radius 2 is 2.40 bits per heavy atom. The topological polar surface area (TPSA) is 39.1 Å². The molecule has 0 amide bonds. The third-order valence-electron chi connectivity index (χ3n) is 2.00. The van der Waals surface area contributed by atoms with Crippen molar-refractivity contribution in [3.63, 3.8) is 0 Å². The van der Waals surface area contributed by atoms with Crippen molar-refractivity contribution in [3.05, 3.63) is 25.0 Å². The van der Waals surface area contributed by atoms with E-state index in [-0.39, 0.29) is 5.54 Å². The minimum Gasteiger partial charge on any atom is -0.382 e. The summed E-state index contributed by atoms with van der Waals surface area (Å²) in [5.74, 6) is 0.844. The first-order valence-electron chi connectivity index (χ1n) is 4.98. The lowest BCUT2D eigenvalue weighted by Gasteiger charge is -2.26. The second-order valence-corrected chi connectivity index (χ2v) is 4.13. The number of allylic oxidation sites excluding steroid dienone is 1. The van der Waals surface area contributed by atoms with Crippen LogP contribution in [0.4, 0.5) is 5.95 Å². The first kappa shape index (κ1) is 11.8. The molecule has 1 N–H and O–H groups in total. The van der Waals surface area contributed by atoms with Crippen LogP contribution < -0.4 is 5.32 Å². The number of hydrogen-bond donors (Lipinski definition) is 1. The van der Waals surface area contributed by atoms with Crippen LogP contribution in [0.5, 0.6) is 0 Å². The first-order chi connectivity index (χ1) is 7.09. The number of nitrogens with one attached hydrogen (secondary N) is 1. The number of hydrogen-bond acceptors (Lipinski definition) is 3. The molecule has 4 nitrogen and oxygen atoms in total. The van der Waals surface area contributed by atoms with Crippen molar-refractivity contribution in [1.82, 2.24) is 9.55 Å². The van der Waals surface area contributed by atoms with Crippen LogP contribution in [0.2, 0.25) is 0 Å². The second-order valence-electron chi connectivity index (χ2n) is 4.13. The maximum atomic E-state index is 5.14. The molecule has 15 heavy (non-hydrogen) atoms. The summed E-state index contributed by atoms with van der Waals surface area (Å²) < 4.78 is 7.14. The number of aromatic nitrogens is 2. The van der Waals surface area contributed by atoms with E-state index in [2.05, 4.69) is 30.7 Å². The van der Waals surface area contributed by atoms with Crippen LogP contribution >= 0.6 is 0 Å². The number of imidazole rings is 1. The van der Waals surface area contributed by atoms with Gasteiger partial charge in [-0.25, -0.2) is 4.98 Å². The average Bonchev–Trinajstić information content (AvgIpc) is 2.52. The van der Waals surface area contributed by atoms with Crippen molar-refractivity contribution < 1.29 is 4.74 Å². The Bertz CT molecular complexity index is 317. The molecule has 0 atom stereocenters. The lowest BCUT2D eigenvalue weighted by molar-refractivity contribution is 0.157. The molecular weight excluding hydrogens is 190 g/mol. The fraction of sp³-hybridized carbons (Fsp3) is 0.545. The third kappa shape index (κ3) is 3.40. The molecule has 1 rings (SSSR count). The zero-order chi connectivity index (χ0) is 11.3. The summed E-state index contributed by atoms with van der Waals surface area (Å²) in [7, 11) is 1.69.